The maximum absolute atomic E-state index is 12.4. The molecule has 0 spiro atoms. The summed E-state index contributed by atoms with van der Waals surface area (Å²) in [6, 6.07) is 6.09. The van der Waals surface area contributed by atoms with Crippen LogP contribution >= 0.6 is 0 Å². The fourth-order valence-electron chi connectivity index (χ4n) is 3.55. The smallest absolute Gasteiger partial charge is 0.273 e. The molecule has 1 aliphatic heterocycles. The minimum absolute atomic E-state index is 0.0356. The molecule has 2 heterocycles. The number of aromatic nitrogens is 3. The molecule has 9 heteroatoms. The predicted molar refractivity (Wildman–Crippen MR) is 109 cm³/mol. The molecule has 0 aliphatic carbocycles. The Balaban J connectivity index is 1.49. The van der Waals surface area contributed by atoms with Crippen molar-refractivity contribution in [1.82, 2.24) is 25.2 Å². The first-order valence-electron chi connectivity index (χ1n) is 10.1. The monoisotopic (exact) mass is 400 g/mol. The third kappa shape index (κ3) is 5.38. The van der Waals surface area contributed by atoms with Gasteiger partial charge in [-0.1, -0.05) is 18.2 Å². The van der Waals surface area contributed by atoms with E-state index in [0.29, 0.717) is 17.9 Å². The van der Waals surface area contributed by atoms with Crippen LogP contribution in [0.1, 0.15) is 48.8 Å². The highest BCUT2D eigenvalue weighted by Gasteiger charge is 2.18. The van der Waals surface area contributed by atoms with Gasteiger partial charge in [0.25, 0.3) is 11.6 Å². The lowest BCUT2D eigenvalue weighted by Gasteiger charge is -2.30. The molecule has 2 aromatic rings. The highest BCUT2D eigenvalue weighted by atomic mass is 16.6. The summed E-state index contributed by atoms with van der Waals surface area (Å²) in [5, 5.41) is 21.8. The fourth-order valence-corrected chi connectivity index (χ4v) is 3.55. The standard InChI is InChI=1S/C20H28N6O3/c1-15-8-12-24(13-9-15)11-4-3-10-21-20(27)19-16(2)25(23-22-19)17-6-5-7-18(14-17)26(28)29/h5-7,14-15H,3-4,8-13H2,1-2H3,(H,21,27). The zero-order valence-electron chi connectivity index (χ0n) is 17.0. The Morgan fingerprint density at radius 2 is 2.07 bits per heavy atom. The Hall–Kier alpha value is -2.81. The van der Waals surface area contributed by atoms with Crippen molar-refractivity contribution < 1.29 is 9.72 Å². The van der Waals surface area contributed by atoms with Crippen LogP contribution in [-0.4, -0.2) is 56.9 Å². The van der Waals surface area contributed by atoms with Crippen LogP contribution in [0, 0.1) is 23.0 Å². The molecule has 1 N–H and O–H groups in total. The Morgan fingerprint density at radius 3 is 2.79 bits per heavy atom. The van der Waals surface area contributed by atoms with Gasteiger partial charge in [0.05, 0.1) is 16.3 Å². The van der Waals surface area contributed by atoms with Crippen molar-refractivity contribution >= 4 is 11.6 Å². The SMILES string of the molecule is Cc1c(C(=O)NCCCCN2CCC(C)CC2)nnn1-c1cccc([N+](=O)[O-])c1. The van der Waals surface area contributed by atoms with Gasteiger partial charge in [0.2, 0.25) is 0 Å². The minimum Gasteiger partial charge on any atom is -0.351 e. The number of unbranched alkanes of at least 4 members (excludes halogenated alkanes) is 1. The number of nitro groups is 1. The van der Waals surface area contributed by atoms with E-state index >= 15 is 0 Å². The molecule has 3 rings (SSSR count). The van der Waals surface area contributed by atoms with Crippen molar-refractivity contribution in [2.45, 2.75) is 39.5 Å². The summed E-state index contributed by atoms with van der Waals surface area (Å²) in [5.74, 6) is 0.565. The normalized spacial score (nSPS) is 15.4. The van der Waals surface area contributed by atoms with Gasteiger partial charge in [-0.15, -0.1) is 5.10 Å². The van der Waals surface area contributed by atoms with Crippen molar-refractivity contribution in [2.75, 3.05) is 26.2 Å². The third-order valence-corrected chi connectivity index (χ3v) is 5.46. The molecule has 1 aromatic carbocycles. The van der Waals surface area contributed by atoms with Gasteiger partial charge in [-0.2, -0.15) is 0 Å². The molecule has 1 fully saturated rings. The van der Waals surface area contributed by atoms with Gasteiger partial charge in [0.15, 0.2) is 5.69 Å². The van der Waals surface area contributed by atoms with Crippen molar-refractivity contribution in [3.05, 3.63) is 45.8 Å². The summed E-state index contributed by atoms with van der Waals surface area (Å²) in [6.45, 7) is 8.05. The average Bonchev–Trinajstić information content (AvgIpc) is 3.10. The summed E-state index contributed by atoms with van der Waals surface area (Å²) < 4.78 is 1.44. The van der Waals surface area contributed by atoms with Crippen LogP contribution in [0.4, 0.5) is 5.69 Å². The second-order valence-corrected chi connectivity index (χ2v) is 7.70. The van der Waals surface area contributed by atoms with Gasteiger partial charge in [-0.05, 0) is 64.2 Å². The van der Waals surface area contributed by atoms with E-state index < -0.39 is 4.92 Å². The molecule has 0 unspecified atom stereocenters. The summed E-state index contributed by atoms with van der Waals surface area (Å²) in [7, 11) is 0. The molecule has 1 amide bonds. The van der Waals surface area contributed by atoms with E-state index in [1.54, 1.807) is 19.1 Å². The number of carbonyl (C=O) groups excluding carboxylic acids is 1. The van der Waals surface area contributed by atoms with E-state index in [4.69, 9.17) is 0 Å². The van der Waals surface area contributed by atoms with Crippen molar-refractivity contribution in [3.63, 3.8) is 0 Å². The van der Waals surface area contributed by atoms with E-state index in [1.807, 2.05) is 0 Å². The average molecular weight is 400 g/mol. The van der Waals surface area contributed by atoms with Crippen LogP contribution in [0.5, 0.6) is 0 Å². The number of amides is 1. The largest absolute Gasteiger partial charge is 0.351 e. The Morgan fingerprint density at radius 1 is 1.31 bits per heavy atom. The predicted octanol–water partition coefficient (Wildman–Crippen LogP) is 2.73. The summed E-state index contributed by atoms with van der Waals surface area (Å²) >= 11 is 0. The number of benzene rings is 1. The van der Waals surface area contributed by atoms with Gasteiger partial charge in [-0.25, -0.2) is 4.68 Å². The number of nitrogens with zero attached hydrogens (tertiary/aromatic N) is 5. The van der Waals surface area contributed by atoms with Gasteiger partial charge in [0.1, 0.15) is 0 Å². The molecule has 9 nitrogen and oxygen atoms in total. The van der Waals surface area contributed by atoms with Crippen LogP contribution in [0.3, 0.4) is 0 Å². The number of hydrogen-bond donors (Lipinski definition) is 1. The third-order valence-electron chi connectivity index (χ3n) is 5.46. The lowest BCUT2D eigenvalue weighted by molar-refractivity contribution is -0.384. The first-order valence-corrected chi connectivity index (χ1v) is 10.1. The maximum atomic E-state index is 12.4. The van der Waals surface area contributed by atoms with E-state index in [1.165, 1.54) is 42.7 Å². The number of piperidine rings is 1. The van der Waals surface area contributed by atoms with Crippen molar-refractivity contribution in [1.29, 1.82) is 0 Å². The molecule has 156 valence electrons. The lowest BCUT2D eigenvalue weighted by Crippen LogP contribution is -2.34. The molecular formula is C20H28N6O3. The number of nitrogens with one attached hydrogen (secondary N) is 1. The van der Waals surface area contributed by atoms with E-state index in [9.17, 15) is 14.9 Å². The molecule has 1 saturated heterocycles. The molecule has 0 atom stereocenters. The molecule has 0 radical (unpaired) electrons. The van der Waals surface area contributed by atoms with E-state index in [0.717, 1.165) is 25.3 Å². The first-order chi connectivity index (χ1) is 14.0. The van der Waals surface area contributed by atoms with Gasteiger partial charge < -0.3 is 10.2 Å². The summed E-state index contributed by atoms with van der Waals surface area (Å²) in [6.07, 6.45) is 4.51. The number of nitro benzene ring substituents is 1. The molecule has 1 aromatic heterocycles. The first kappa shape index (κ1) is 20.9. The highest BCUT2D eigenvalue weighted by molar-refractivity contribution is 5.93. The summed E-state index contributed by atoms with van der Waals surface area (Å²) in [5.41, 5.74) is 1.25. The van der Waals surface area contributed by atoms with Gasteiger partial charge in [0, 0.05) is 18.7 Å². The molecular weight excluding hydrogens is 372 g/mol. The van der Waals surface area contributed by atoms with E-state index in [-0.39, 0.29) is 17.3 Å². The number of carbonyl (C=O) groups is 1. The Kier molecular flexibility index (Phi) is 6.92. The molecule has 0 saturated carbocycles. The fraction of sp³-hybridized carbons (Fsp3) is 0.550. The van der Waals surface area contributed by atoms with Crippen molar-refractivity contribution in [3.8, 4) is 5.69 Å². The van der Waals surface area contributed by atoms with Crippen LogP contribution in [0.15, 0.2) is 24.3 Å². The minimum atomic E-state index is -0.464. The Labute approximate surface area is 170 Å². The number of rotatable bonds is 8. The van der Waals surface area contributed by atoms with Gasteiger partial charge >= 0.3 is 0 Å². The topological polar surface area (TPSA) is 106 Å². The molecule has 29 heavy (non-hydrogen) atoms. The second kappa shape index (κ2) is 9.60. The van der Waals surface area contributed by atoms with Crippen LogP contribution in [0.2, 0.25) is 0 Å². The quantitative estimate of drug-likeness (QED) is 0.415. The van der Waals surface area contributed by atoms with E-state index in [2.05, 4.69) is 27.5 Å². The van der Waals surface area contributed by atoms with Crippen LogP contribution in [-0.2, 0) is 0 Å². The number of hydrogen-bond acceptors (Lipinski definition) is 6. The zero-order chi connectivity index (χ0) is 20.8. The number of non-ortho nitro benzene ring substituents is 1. The maximum Gasteiger partial charge on any atom is 0.273 e. The van der Waals surface area contributed by atoms with Crippen LogP contribution < -0.4 is 5.32 Å². The molecule has 0 bridgehead atoms. The molecule has 1 aliphatic rings. The zero-order valence-corrected chi connectivity index (χ0v) is 17.0. The Bertz CT molecular complexity index is 858. The van der Waals surface area contributed by atoms with Crippen molar-refractivity contribution in [2.24, 2.45) is 5.92 Å². The highest BCUT2D eigenvalue weighted by Crippen LogP contribution is 2.18. The lowest BCUT2D eigenvalue weighted by atomic mass is 9.99. The van der Waals surface area contributed by atoms with Crippen LogP contribution in [0.25, 0.3) is 5.69 Å². The second-order valence-electron chi connectivity index (χ2n) is 7.70. The number of likely N-dealkylation sites (tertiary alicyclic amines) is 1. The van der Waals surface area contributed by atoms with Gasteiger partial charge in [-0.3, -0.25) is 14.9 Å². The summed E-state index contributed by atoms with van der Waals surface area (Å²) in [4.78, 5) is 25.4.